The van der Waals surface area contributed by atoms with E-state index in [1.807, 2.05) is 0 Å². The van der Waals surface area contributed by atoms with Crippen LogP contribution in [0.4, 0.5) is 0 Å². The number of nitrogens with zero attached hydrogens (tertiary/aromatic N) is 2. The zero-order valence-corrected chi connectivity index (χ0v) is 10.00. The van der Waals surface area contributed by atoms with Crippen LogP contribution < -0.4 is 5.43 Å². The van der Waals surface area contributed by atoms with Gasteiger partial charge < -0.3 is 9.94 Å². The van der Waals surface area contributed by atoms with E-state index in [1.165, 1.54) is 0 Å². The number of hydrazine groups is 1. The lowest BCUT2D eigenvalue weighted by Gasteiger charge is -2.21. The molecule has 0 aliphatic carbocycles. The predicted molar refractivity (Wildman–Crippen MR) is 57.3 cm³/mol. The molecule has 2 aliphatic heterocycles. The first-order valence-corrected chi connectivity index (χ1v) is 5.79. The van der Waals surface area contributed by atoms with Crippen molar-refractivity contribution in [1.29, 1.82) is 0 Å². The molecule has 2 aliphatic rings. The van der Waals surface area contributed by atoms with E-state index >= 15 is 0 Å². The van der Waals surface area contributed by atoms with Crippen LogP contribution >= 0.6 is 0 Å². The fraction of sp³-hybridized carbons (Fsp3) is 0.600. The van der Waals surface area contributed by atoms with Gasteiger partial charge in [-0.2, -0.15) is 0 Å². The number of hydrogen-bond acceptors (Lipinski definition) is 7. The molecule has 2 rings (SSSR count). The highest BCUT2D eigenvalue weighted by atomic mass is 16.7. The number of imide groups is 1. The first kappa shape index (κ1) is 13.4. The standard InChI is InChI=1S/C10H13N3O6/c14-6-1-2-7(15)12(6)11-5-10(18)19-13-8(16)3-4-9(13)17/h6,11,14H,1-5H2. The molecule has 2 saturated heterocycles. The molecule has 2 N–H and O–H groups in total. The number of hydroxylamine groups is 2. The van der Waals surface area contributed by atoms with Gasteiger partial charge in [0.1, 0.15) is 12.8 Å². The molecule has 0 bridgehead atoms. The molecule has 9 nitrogen and oxygen atoms in total. The monoisotopic (exact) mass is 271 g/mol. The Bertz CT molecular complexity index is 421. The van der Waals surface area contributed by atoms with Crippen molar-refractivity contribution in [2.45, 2.75) is 31.9 Å². The zero-order valence-electron chi connectivity index (χ0n) is 10.00. The van der Waals surface area contributed by atoms with Crippen LogP contribution in [0.2, 0.25) is 0 Å². The van der Waals surface area contributed by atoms with Gasteiger partial charge in [0.2, 0.25) is 5.91 Å². The van der Waals surface area contributed by atoms with Crippen LogP contribution in [0.1, 0.15) is 25.7 Å². The number of nitrogens with one attached hydrogen (secondary N) is 1. The lowest BCUT2D eigenvalue weighted by atomic mass is 10.4. The summed E-state index contributed by atoms with van der Waals surface area (Å²) in [5.74, 6) is -2.38. The minimum Gasteiger partial charge on any atom is -0.372 e. The van der Waals surface area contributed by atoms with Crippen LogP contribution in [0.25, 0.3) is 0 Å². The average Bonchev–Trinajstić information content (AvgIpc) is 2.84. The number of aliphatic hydroxyl groups is 1. The molecule has 0 aromatic heterocycles. The van der Waals surface area contributed by atoms with Crippen molar-refractivity contribution < 1.29 is 29.1 Å². The number of hydrogen-bond donors (Lipinski definition) is 2. The second-order valence-electron chi connectivity index (χ2n) is 4.16. The van der Waals surface area contributed by atoms with Gasteiger partial charge in [0.25, 0.3) is 11.8 Å². The number of aliphatic hydroxyl groups excluding tert-OH is 1. The van der Waals surface area contributed by atoms with Crippen LogP contribution in [0.15, 0.2) is 0 Å². The van der Waals surface area contributed by atoms with Gasteiger partial charge in [-0.1, -0.05) is 0 Å². The summed E-state index contributed by atoms with van der Waals surface area (Å²) in [6.07, 6.45) is -0.488. The summed E-state index contributed by atoms with van der Waals surface area (Å²) >= 11 is 0. The van der Waals surface area contributed by atoms with E-state index in [0.29, 0.717) is 5.06 Å². The molecular formula is C10H13N3O6. The van der Waals surface area contributed by atoms with E-state index in [9.17, 15) is 24.3 Å². The summed E-state index contributed by atoms with van der Waals surface area (Å²) in [6, 6.07) is 0. The summed E-state index contributed by atoms with van der Waals surface area (Å²) in [7, 11) is 0. The minimum atomic E-state index is -0.990. The van der Waals surface area contributed by atoms with Crippen molar-refractivity contribution in [2.24, 2.45) is 0 Å². The Kier molecular flexibility index (Phi) is 3.76. The number of rotatable bonds is 4. The number of carbonyl (C=O) groups is 4. The van der Waals surface area contributed by atoms with Crippen LogP contribution in [-0.2, 0) is 24.0 Å². The van der Waals surface area contributed by atoms with Crippen LogP contribution in [-0.4, -0.2) is 51.6 Å². The third kappa shape index (κ3) is 2.88. The van der Waals surface area contributed by atoms with Crippen molar-refractivity contribution in [3.63, 3.8) is 0 Å². The maximum atomic E-state index is 11.4. The first-order valence-electron chi connectivity index (χ1n) is 5.79. The predicted octanol–water partition coefficient (Wildman–Crippen LogP) is -1.96. The lowest BCUT2D eigenvalue weighted by Crippen LogP contribution is -2.47. The Morgan fingerprint density at radius 1 is 1.21 bits per heavy atom. The minimum absolute atomic E-state index is 0.0167. The van der Waals surface area contributed by atoms with Gasteiger partial charge in [-0.15, -0.1) is 5.06 Å². The fourth-order valence-electron chi connectivity index (χ4n) is 1.80. The molecule has 0 aromatic carbocycles. The van der Waals surface area contributed by atoms with Gasteiger partial charge >= 0.3 is 5.97 Å². The van der Waals surface area contributed by atoms with Crippen molar-refractivity contribution in [3.8, 4) is 0 Å². The smallest absolute Gasteiger partial charge is 0.348 e. The zero-order chi connectivity index (χ0) is 14.0. The van der Waals surface area contributed by atoms with Crippen molar-refractivity contribution in [2.75, 3.05) is 6.54 Å². The normalized spacial score (nSPS) is 23.4. The van der Waals surface area contributed by atoms with Gasteiger partial charge in [-0.05, 0) is 0 Å². The molecule has 3 amide bonds. The van der Waals surface area contributed by atoms with Crippen molar-refractivity contribution in [3.05, 3.63) is 0 Å². The average molecular weight is 271 g/mol. The summed E-state index contributed by atoms with van der Waals surface area (Å²) in [6.45, 7) is -0.431. The SMILES string of the molecule is O=C(CNN1C(=O)CCC1O)ON1C(=O)CCC1=O. The van der Waals surface area contributed by atoms with Crippen molar-refractivity contribution in [1.82, 2.24) is 15.5 Å². The number of carbonyl (C=O) groups excluding carboxylic acids is 4. The third-order valence-electron chi connectivity index (χ3n) is 2.78. The summed E-state index contributed by atoms with van der Waals surface area (Å²) in [5.41, 5.74) is 2.39. The Morgan fingerprint density at radius 3 is 2.37 bits per heavy atom. The van der Waals surface area contributed by atoms with Gasteiger partial charge in [0.15, 0.2) is 0 Å². The van der Waals surface area contributed by atoms with Crippen LogP contribution in [0, 0.1) is 0 Å². The van der Waals surface area contributed by atoms with Crippen LogP contribution in [0.5, 0.6) is 0 Å². The summed E-state index contributed by atoms with van der Waals surface area (Å²) < 4.78 is 0. The molecule has 0 aromatic rings. The molecule has 1 atom stereocenters. The van der Waals surface area contributed by atoms with Gasteiger partial charge in [0, 0.05) is 25.7 Å². The summed E-state index contributed by atoms with van der Waals surface area (Å²) in [5, 5.41) is 10.8. The van der Waals surface area contributed by atoms with E-state index in [-0.39, 0.29) is 31.6 Å². The van der Waals surface area contributed by atoms with E-state index in [2.05, 4.69) is 10.3 Å². The lowest BCUT2D eigenvalue weighted by molar-refractivity contribution is -0.197. The molecule has 0 spiro atoms. The molecule has 2 heterocycles. The maximum absolute atomic E-state index is 11.4. The highest BCUT2D eigenvalue weighted by Gasteiger charge is 2.34. The fourth-order valence-corrected chi connectivity index (χ4v) is 1.80. The topological polar surface area (TPSA) is 116 Å². The number of amides is 3. The van der Waals surface area contributed by atoms with Gasteiger partial charge in [0.05, 0.1) is 0 Å². The van der Waals surface area contributed by atoms with Gasteiger partial charge in [-0.25, -0.2) is 15.2 Å². The molecule has 9 heteroatoms. The van der Waals surface area contributed by atoms with E-state index in [0.717, 1.165) is 5.01 Å². The molecular weight excluding hydrogens is 258 g/mol. The third-order valence-corrected chi connectivity index (χ3v) is 2.78. The molecule has 1 unspecified atom stereocenters. The molecule has 19 heavy (non-hydrogen) atoms. The second kappa shape index (κ2) is 5.33. The Labute approximate surface area is 108 Å². The molecule has 104 valence electrons. The molecule has 0 radical (unpaired) electrons. The van der Waals surface area contributed by atoms with E-state index in [4.69, 9.17) is 0 Å². The highest BCUT2D eigenvalue weighted by molar-refractivity contribution is 6.01. The van der Waals surface area contributed by atoms with E-state index < -0.39 is 30.6 Å². The quantitative estimate of drug-likeness (QED) is 0.570. The van der Waals surface area contributed by atoms with Crippen molar-refractivity contribution >= 4 is 23.7 Å². The molecule has 2 fully saturated rings. The Hall–Kier alpha value is -2.00. The van der Waals surface area contributed by atoms with Gasteiger partial charge in [-0.3, -0.25) is 14.4 Å². The maximum Gasteiger partial charge on any atom is 0.348 e. The Balaban J connectivity index is 1.80. The molecule has 0 saturated carbocycles. The summed E-state index contributed by atoms with van der Waals surface area (Å²) in [4.78, 5) is 49.6. The first-order chi connectivity index (χ1) is 8.99. The van der Waals surface area contributed by atoms with E-state index in [1.54, 1.807) is 0 Å². The van der Waals surface area contributed by atoms with Crippen LogP contribution in [0.3, 0.4) is 0 Å². The highest BCUT2D eigenvalue weighted by Crippen LogP contribution is 2.14. The largest absolute Gasteiger partial charge is 0.372 e. The Morgan fingerprint density at radius 2 is 1.84 bits per heavy atom. The second-order valence-corrected chi connectivity index (χ2v) is 4.16.